The Bertz CT molecular complexity index is 783. The number of alkyl halides is 3. The van der Waals surface area contributed by atoms with Crippen LogP contribution in [0.4, 0.5) is 19.0 Å². The average Bonchev–Trinajstić information content (AvgIpc) is 3.01. The van der Waals surface area contributed by atoms with E-state index in [1.807, 2.05) is 4.90 Å². The van der Waals surface area contributed by atoms with E-state index < -0.39 is 11.7 Å². The molecule has 1 amide bonds. The summed E-state index contributed by atoms with van der Waals surface area (Å²) in [6.45, 7) is 5.16. The monoisotopic (exact) mass is 382 g/mol. The summed E-state index contributed by atoms with van der Waals surface area (Å²) in [4.78, 5) is 16.1. The third-order valence-electron chi connectivity index (χ3n) is 4.39. The summed E-state index contributed by atoms with van der Waals surface area (Å²) in [5, 5.41) is 6.39. The molecule has 0 unspecified atom stereocenters. The van der Waals surface area contributed by atoms with E-state index in [4.69, 9.17) is 4.52 Å². The lowest BCUT2D eigenvalue weighted by Crippen LogP contribution is -2.48. The van der Waals surface area contributed by atoms with Gasteiger partial charge in [-0.15, -0.1) is 0 Å². The molecule has 2 heterocycles. The van der Waals surface area contributed by atoms with Gasteiger partial charge in [0.05, 0.1) is 12.1 Å². The Labute approximate surface area is 154 Å². The number of hydrogen-bond acceptors (Lipinski definition) is 5. The van der Waals surface area contributed by atoms with Crippen LogP contribution in [0, 0.1) is 6.92 Å². The molecule has 0 spiro atoms. The van der Waals surface area contributed by atoms with E-state index >= 15 is 0 Å². The van der Waals surface area contributed by atoms with Gasteiger partial charge in [-0.25, -0.2) is 0 Å². The zero-order valence-electron chi connectivity index (χ0n) is 14.9. The maximum absolute atomic E-state index is 12.8. The fraction of sp³-hybridized carbons (Fsp3) is 0.444. The van der Waals surface area contributed by atoms with Gasteiger partial charge < -0.3 is 9.84 Å². The molecule has 0 aliphatic carbocycles. The fourth-order valence-corrected chi connectivity index (χ4v) is 3.02. The second kappa shape index (κ2) is 8.10. The Hall–Kier alpha value is -2.39. The van der Waals surface area contributed by atoms with E-state index in [2.05, 4.69) is 15.4 Å². The number of rotatable bonds is 5. The lowest BCUT2D eigenvalue weighted by Gasteiger charge is -2.34. The molecule has 27 heavy (non-hydrogen) atoms. The van der Waals surface area contributed by atoms with Crippen LogP contribution in [0.3, 0.4) is 0 Å². The molecule has 6 nitrogen and oxygen atoms in total. The molecule has 0 radical (unpaired) electrons. The Morgan fingerprint density at radius 3 is 2.52 bits per heavy atom. The van der Waals surface area contributed by atoms with E-state index in [1.54, 1.807) is 19.1 Å². The van der Waals surface area contributed by atoms with Gasteiger partial charge in [0, 0.05) is 38.8 Å². The minimum atomic E-state index is -4.33. The second-order valence-electron chi connectivity index (χ2n) is 6.62. The number of hydrogen-bond donors (Lipinski definition) is 1. The van der Waals surface area contributed by atoms with Crippen LogP contribution in [-0.2, 0) is 17.5 Å². The van der Waals surface area contributed by atoms with Crippen molar-refractivity contribution >= 4 is 11.7 Å². The first-order chi connectivity index (χ1) is 12.8. The molecule has 1 saturated heterocycles. The highest BCUT2D eigenvalue weighted by Gasteiger charge is 2.30. The number of aryl methyl sites for hydroxylation is 1. The van der Waals surface area contributed by atoms with Crippen molar-refractivity contribution in [3.8, 4) is 0 Å². The highest BCUT2D eigenvalue weighted by molar-refractivity contribution is 5.91. The molecule has 3 rings (SSSR count). The maximum Gasteiger partial charge on any atom is 0.416 e. The Kier molecular flexibility index (Phi) is 5.81. The van der Waals surface area contributed by atoms with E-state index in [9.17, 15) is 18.0 Å². The van der Waals surface area contributed by atoms with Gasteiger partial charge in [-0.3, -0.25) is 14.6 Å². The molecule has 0 bridgehead atoms. The van der Waals surface area contributed by atoms with Crippen LogP contribution in [0.1, 0.15) is 16.9 Å². The van der Waals surface area contributed by atoms with Crippen LogP contribution in [0.2, 0.25) is 0 Å². The third-order valence-corrected chi connectivity index (χ3v) is 4.39. The molecule has 1 aliphatic heterocycles. The van der Waals surface area contributed by atoms with Crippen molar-refractivity contribution in [3.63, 3.8) is 0 Å². The zero-order valence-corrected chi connectivity index (χ0v) is 14.9. The number of nitrogens with zero attached hydrogens (tertiary/aromatic N) is 3. The van der Waals surface area contributed by atoms with Crippen molar-refractivity contribution in [2.24, 2.45) is 0 Å². The first-order valence-corrected chi connectivity index (χ1v) is 8.63. The molecular weight excluding hydrogens is 361 g/mol. The van der Waals surface area contributed by atoms with Crippen molar-refractivity contribution in [1.82, 2.24) is 15.0 Å². The summed E-state index contributed by atoms with van der Waals surface area (Å²) < 4.78 is 43.3. The quantitative estimate of drug-likeness (QED) is 0.862. The number of piperazine rings is 1. The van der Waals surface area contributed by atoms with Crippen LogP contribution < -0.4 is 5.32 Å². The summed E-state index contributed by atoms with van der Waals surface area (Å²) in [5.41, 5.74) is 0.0100. The molecule has 1 aromatic heterocycles. The lowest BCUT2D eigenvalue weighted by atomic mass is 10.1. The van der Waals surface area contributed by atoms with Crippen molar-refractivity contribution in [2.45, 2.75) is 19.6 Å². The number of halogens is 3. The van der Waals surface area contributed by atoms with E-state index in [0.717, 1.165) is 6.07 Å². The van der Waals surface area contributed by atoms with Crippen molar-refractivity contribution in [3.05, 3.63) is 47.2 Å². The van der Waals surface area contributed by atoms with Crippen LogP contribution in [0.5, 0.6) is 0 Å². The van der Waals surface area contributed by atoms with E-state index in [0.29, 0.717) is 49.9 Å². The predicted octanol–water partition coefficient (Wildman–Crippen LogP) is 2.76. The van der Waals surface area contributed by atoms with Gasteiger partial charge in [0.15, 0.2) is 5.82 Å². The Balaban J connectivity index is 1.45. The molecule has 1 N–H and O–H groups in total. The smallest absolute Gasteiger partial charge is 0.360 e. The van der Waals surface area contributed by atoms with Gasteiger partial charge in [0.1, 0.15) is 5.76 Å². The SMILES string of the molecule is Cc1cc(NC(=O)CN2CCN(Cc3cccc(C(F)(F)F)c3)CC2)no1. The molecular formula is C18H21F3N4O2. The number of aromatic nitrogens is 1. The summed E-state index contributed by atoms with van der Waals surface area (Å²) in [6.07, 6.45) is -4.33. The van der Waals surface area contributed by atoms with Gasteiger partial charge in [0.25, 0.3) is 0 Å². The summed E-state index contributed by atoms with van der Waals surface area (Å²) >= 11 is 0. The Morgan fingerprint density at radius 2 is 1.89 bits per heavy atom. The normalized spacial score (nSPS) is 16.4. The predicted molar refractivity (Wildman–Crippen MR) is 93.0 cm³/mol. The number of carbonyl (C=O) groups excluding carboxylic acids is 1. The average molecular weight is 382 g/mol. The summed E-state index contributed by atoms with van der Waals surface area (Å²) in [5.74, 6) is 0.837. The number of nitrogens with one attached hydrogen (secondary N) is 1. The van der Waals surface area contributed by atoms with Gasteiger partial charge in [-0.1, -0.05) is 23.4 Å². The van der Waals surface area contributed by atoms with Crippen molar-refractivity contribution in [2.75, 3.05) is 38.0 Å². The van der Waals surface area contributed by atoms with Gasteiger partial charge in [-0.2, -0.15) is 13.2 Å². The van der Waals surface area contributed by atoms with Crippen LogP contribution in [-0.4, -0.2) is 53.6 Å². The fourth-order valence-electron chi connectivity index (χ4n) is 3.02. The van der Waals surface area contributed by atoms with Gasteiger partial charge >= 0.3 is 6.18 Å². The highest BCUT2D eigenvalue weighted by atomic mass is 19.4. The number of amides is 1. The number of anilines is 1. The maximum atomic E-state index is 12.8. The van der Waals surface area contributed by atoms with Crippen LogP contribution in [0.15, 0.2) is 34.9 Å². The molecule has 1 aromatic carbocycles. The lowest BCUT2D eigenvalue weighted by molar-refractivity contribution is -0.137. The largest absolute Gasteiger partial charge is 0.416 e. The zero-order chi connectivity index (χ0) is 19.4. The van der Waals surface area contributed by atoms with E-state index in [1.165, 1.54) is 12.1 Å². The van der Waals surface area contributed by atoms with Crippen LogP contribution in [0.25, 0.3) is 0 Å². The molecule has 1 fully saturated rings. The topological polar surface area (TPSA) is 61.6 Å². The van der Waals surface area contributed by atoms with Gasteiger partial charge in [0.2, 0.25) is 5.91 Å². The first-order valence-electron chi connectivity index (χ1n) is 8.63. The summed E-state index contributed by atoms with van der Waals surface area (Å²) in [6, 6.07) is 7.06. The molecule has 146 valence electrons. The standard InChI is InChI=1S/C18H21F3N4O2/c1-13-9-16(23-27-13)22-17(26)12-25-7-5-24(6-8-25)11-14-3-2-4-15(10-14)18(19,20)21/h2-4,9-10H,5-8,11-12H2,1H3,(H,22,23,26). The molecule has 1 aliphatic rings. The van der Waals surface area contributed by atoms with E-state index in [-0.39, 0.29) is 12.5 Å². The third kappa shape index (κ3) is 5.54. The van der Waals surface area contributed by atoms with Crippen molar-refractivity contribution < 1.29 is 22.5 Å². The number of carbonyl (C=O) groups is 1. The van der Waals surface area contributed by atoms with Gasteiger partial charge in [-0.05, 0) is 18.6 Å². The van der Waals surface area contributed by atoms with Crippen LogP contribution >= 0.6 is 0 Å². The van der Waals surface area contributed by atoms with Crippen molar-refractivity contribution in [1.29, 1.82) is 0 Å². The second-order valence-corrected chi connectivity index (χ2v) is 6.62. The molecule has 0 atom stereocenters. The Morgan fingerprint density at radius 1 is 1.19 bits per heavy atom. The minimum Gasteiger partial charge on any atom is -0.360 e. The molecule has 9 heteroatoms. The highest BCUT2D eigenvalue weighted by Crippen LogP contribution is 2.29. The first kappa shape index (κ1) is 19.4. The molecule has 2 aromatic rings. The summed E-state index contributed by atoms with van der Waals surface area (Å²) in [7, 11) is 0. The minimum absolute atomic E-state index is 0.172. The number of benzene rings is 1. The molecule has 0 saturated carbocycles.